The zero-order chi connectivity index (χ0) is 21.8. The zero-order valence-electron chi connectivity index (χ0n) is 17.9. The lowest BCUT2D eigenvalue weighted by atomic mass is 10.0. The smallest absolute Gasteiger partial charge is 0.0683 e. The van der Waals surface area contributed by atoms with Crippen LogP contribution in [0.15, 0.2) is 132 Å². The quantitative estimate of drug-likeness (QED) is 0.232. The van der Waals surface area contributed by atoms with Crippen molar-refractivity contribution >= 4 is 22.8 Å². The number of hydrogen-bond acceptors (Lipinski definition) is 4. The van der Waals surface area contributed by atoms with E-state index in [0.29, 0.717) is 0 Å². The molecule has 0 fully saturated rings. The molecule has 4 aromatic rings. The molecule has 158 valence electrons. The first-order valence-electron chi connectivity index (χ1n) is 10.7. The van der Waals surface area contributed by atoms with Gasteiger partial charge in [0.25, 0.3) is 0 Å². The van der Waals surface area contributed by atoms with E-state index in [0.717, 1.165) is 46.8 Å². The molecule has 0 aliphatic carbocycles. The molecule has 0 aromatic heterocycles. The molecule has 0 spiro atoms. The van der Waals surface area contributed by atoms with Crippen LogP contribution >= 0.6 is 0 Å². The Labute approximate surface area is 189 Å². The van der Waals surface area contributed by atoms with E-state index in [-0.39, 0.29) is 0 Å². The van der Waals surface area contributed by atoms with Crippen LogP contribution in [0.25, 0.3) is 0 Å². The Bertz CT molecular complexity index is 1040. The fourth-order valence-corrected chi connectivity index (χ4v) is 3.32. The normalized spacial score (nSPS) is 11.8. The van der Waals surface area contributed by atoms with E-state index in [1.807, 2.05) is 97.1 Å². The molecule has 2 N–H and O–H groups in total. The molecule has 0 saturated heterocycles. The molecule has 0 atom stereocenters. The van der Waals surface area contributed by atoms with E-state index >= 15 is 0 Å². The number of hydrazone groups is 2. The van der Waals surface area contributed by atoms with Crippen LogP contribution in [0.5, 0.6) is 0 Å². The minimum Gasteiger partial charge on any atom is -0.278 e. The maximum atomic E-state index is 4.74. The third kappa shape index (κ3) is 6.16. The number of para-hydroxylation sites is 2. The Morgan fingerprint density at radius 2 is 0.750 bits per heavy atom. The Kier molecular flexibility index (Phi) is 7.42. The molecule has 0 aliphatic heterocycles. The van der Waals surface area contributed by atoms with Gasteiger partial charge in [0.15, 0.2) is 0 Å². The van der Waals surface area contributed by atoms with Crippen LogP contribution in [0.2, 0.25) is 0 Å². The van der Waals surface area contributed by atoms with Crippen LogP contribution in [0, 0.1) is 0 Å². The fraction of sp³-hybridized carbons (Fsp3) is 0.0714. The summed E-state index contributed by atoms with van der Waals surface area (Å²) in [6.45, 7) is 0. The molecule has 0 unspecified atom stereocenters. The molecule has 0 radical (unpaired) electrons. The predicted octanol–water partition coefficient (Wildman–Crippen LogP) is 6.80. The zero-order valence-corrected chi connectivity index (χ0v) is 17.9. The molecule has 4 nitrogen and oxygen atoms in total. The van der Waals surface area contributed by atoms with Crippen molar-refractivity contribution in [1.29, 1.82) is 0 Å². The first kappa shape index (κ1) is 21.1. The van der Waals surface area contributed by atoms with Crippen molar-refractivity contribution in [3.8, 4) is 0 Å². The molecule has 0 saturated carbocycles. The van der Waals surface area contributed by atoms with Crippen LogP contribution in [-0.2, 0) is 0 Å². The van der Waals surface area contributed by atoms with Gasteiger partial charge in [0.2, 0.25) is 0 Å². The summed E-state index contributed by atoms with van der Waals surface area (Å²) in [7, 11) is 0. The van der Waals surface area contributed by atoms with Crippen molar-refractivity contribution in [2.75, 3.05) is 10.9 Å². The highest BCUT2D eigenvalue weighted by atomic mass is 15.3. The average Bonchev–Trinajstić information content (AvgIpc) is 2.88. The number of rotatable bonds is 9. The lowest BCUT2D eigenvalue weighted by Crippen LogP contribution is -2.11. The summed E-state index contributed by atoms with van der Waals surface area (Å²) < 4.78 is 0. The first-order valence-corrected chi connectivity index (χ1v) is 10.7. The Hall–Kier alpha value is -4.18. The topological polar surface area (TPSA) is 48.8 Å². The summed E-state index contributed by atoms with van der Waals surface area (Å²) >= 11 is 0. The van der Waals surface area contributed by atoms with Gasteiger partial charge in [0.1, 0.15) is 0 Å². The molecule has 0 bridgehead atoms. The second-order valence-corrected chi connectivity index (χ2v) is 7.30. The van der Waals surface area contributed by atoms with Crippen molar-refractivity contribution in [3.05, 3.63) is 132 Å². The maximum absolute atomic E-state index is 4.74. The van der Waals surface area contributed by atoms with E-state index in [4.69, 9.17) is 10.2 Å². The van der Waals surface area contributed by atoms with E-state index in [1.165, 1.54) is 0 Å². The first-order chi connectivity index (χ1) is 15.9. The summed E-state index contributed by atoms with van der Waals surface area (Å²) in [5.41, 5.74) is 12.5. The van der Waals surface area contributed by atoms with Crippen LogP contribution in [0.3, 0.4) is 0 Å². The molecule has 4 rings (SSSR count). The Morgan fingerprint density at radius 3 is 1.09 bits per heavy atom. The molecule has 0 heterocycles. The summed E-state index contributed by atoms with van der Waals surface area (Å²) in [6, 6.07) is 40.6. The van der Waals surface area contributed by atoms with Gasteiger partial charge in [-0.15, -0.1) is 0 Å². The Balaban J connectivity index is 1.56. The lowest BCUT2D eigenvalue weighted by Gasteiger charge is -2.11. The monoisotopic (exact) mass is 418 g/mol. The maximum Gasteiger partial charge on any atom is 0.0683 e. The molecular weight excluding hydrogens is 392 g/mol. The van der Waals surface area contributed by atoms with Crippen molar-refractivity contribution < 1.29 is 0 Å². The number of hydrogen-bond donors (Lipinski definition) is 2. The highest BCUT2D eigenvalue weighted by Gasteiger charge is 2.09. The minimum atomic E-state index is 0.744. The van der Waals surface area contributed by atoms with Gasteiger partial charge in [-0.2, -0.15) is 10.2 Å². The summed E-state index contributed by atoms with van der Waals surface area (Å²) in [6.07, 6.45) is 1.49. The largest absolute Gasteiger partial charge is 0.278 e. The number of anilines is 2. The van der Waals surface area contributed by atoms with E-state index in [2.05, 4.69) is 35.1 Å². The van der Waals surface area contributed by atoms with Crippen molar-refractivity contribution in [2.45, 2.75) is 12.8 Å². The van der Waals surface area contributed by atoms with Gasteiger partial charge >= 0.3 is 0 Å². The van der Waals surface area contributed by atoms with E-state index in [9.17, 15) is 0 Å². The lowest BCUT2D eigenvalue weighted by molar-refractivity contribution is 1.11. The van der Waals surface area contributed by atoms with E-state index < -0.39 is 0 Å². The van der Waals surface area contributed by atoms with Crippen molar-refractivity contribution in [3.63, 3.8) is 0 Å². The van der Waals surface area contributed by atoms with Crippen molar-refractivity contribution in [1.82, 2.24) is 0 Å². The molecule has 4 aromatic carbocycles. The highest BCUT2D eigenvalue weighted by molar-refractivity contribution is 6.06. The minimum absolute atomic E-state index is 0.744. The van der Waals surface area contributed by atoms with Crippen LogP contribution < -0.4 is 10.9 Å². The molecular formula is C28H26N4. The van der Waals surface area contributed by atoms with Crippen LogP contribution in [-0.4, -0.2) is 11.4 Å². The van der Waals surface area contributed by atoms with Gasteiger partial charge in [-0.25, -0.2) is 0 Å². The van der Waals surface area contributed by atoms with Crippen LogP contribution in [0.4, 0.5) is 11.4 Å². The molecule has 0 amide bonds. The number of nitrogens with zero attached hydrogens (tertiary/aromatic N) is 2. The third-order valence-corrected chi connectivity index (χ3v) is 5.00. The van der Waals surface area contributed by atoms with Gasteiger partial charge in [-0.05, 0) is 48.2 Å². The standard InChI is InChI=1S/C28H26N4/c1-5-13-23(14-6-1)27(31-29-25-17-9-3-10-18-25)21-22-28(24-15-7-2-8-16-24)32-30-26-19-11-4-12-20-26/h1-20,29-30H,21-22H2/b31-27-,32-28-. The average molecular weight is 419 g/mol. The summed E-state index contributed by atoms with van der Waals surface area (Å²) in [5, 5.41) is 9.48. The number of benzene rings is 4. The Morgan fingerprint density at radius 1 is 0.438 bits per heavy atom. The number of nitrogens with one attached hydrogen (secondary N) is 2. The van der Waals surface area contributed by atoms with Gasteiger partial charge in [-0.1, -0.05) is 97.1 Å². The van der Waals surface area contributed by atoms with E-state index in [1.54, 1.807) is 0 Å². The summed E-state index contributed by atoms with van der Waals surface area (Å²) in [5.74, 6) is 0. The fourth-order valence-electron chi connectivity index (χ4n) is 3.32. The second-order valence-electron chi connectivity index (χ2n) is 7.30. The second kappa shape index (κ2) is 11.3. The third-order valence-electron chi connectivity index (χ3n) is 5.00. The predicted molar refractivity (Wildman–Crippen MR) is 135 cm³/mol. The highest BCUT2D eigenvalue weighted by Crippen LogP contribution is 2.14. The molecule has 0 aliphatic rings. The molecule has 4 heteroatoms. The van der Waals surface area contributed by atoms with Crippen LogP contribution in [0.1, 0.15) is 24.0 Å². The van der Waals surface area contributed by atoms with Gasteiger partial charge in [0, 0.05) is 0 Å². The molecule has 32 heavy (non-hydrogen) atoms. The van der Waals surface area contributed by atoms with Gasteiger partial charge in [0.05, 0.1) is 22.8 Å². The van der Waals surface area contributed by atoms with Gasteiger partial charge in [-0.3, -0.25) is 10.9 Å². The SMILES string of the molecule is c1ccc(N/N=C(/CC/C(=N/Nc2ccccc2)c2ccccc2)c2ccccc2)cc1. The summed E-state index contributed by atoms with van der Waals surface area (Å²) in [4.78, 5) is 0. The van der Waals surface area contributed by atoms with Gasteiger partial charge < -0.3 is 0 Å². The van der Waals surface area contributed by atoms with Crippen molar-refractivity contribution in [2.24, 2.45) is 10.2 Å².